The van der Waals surface area contributed by atoms with Crippen molar-refractivity contribution >= 4 is 18.2 Å². The predicted octanol–water partition coefficient (Wildman–Crippen LogP) is 1.59. The third-order valence-corrected chi connectivity index (χ3v) is 3.34. The van der Waals surface area contributed by atoms with Crippen LogP contribution >= 0.6 is 12.4 Å². The molecule has 114 valence electrons. The molecule has 2 N–H and O–H groups in total. The average Bonchev–Trinajstić information content (AvgIpc) is 2.77. The van der Waals surface area contributed by atoms with Gasteiger partial charge in [0.2, 0.25) is 0 Å². The lowest BCUT2D eigenvalue weighted by molar-refractivity contribution is -0.389. The van der Waals surface area contributed by atoms with Crippen molar-refractivity contribution < 1.29 is 4.92 Å². The second-order valence-electron chi connectivity index (χ2n) is 5.91. The van der Waals surface area contributed by atoms with Crippen molar-refractivity contribution in [1.29, 1.82) is 0 Å². The Hall–Kier alpha value is -1.18. The minimum Gasteiger partial charge on any atom is -0.358 e. The summed E-state index contributed by atoms with van der Waals surface area (Å²) >= 11 is 0. The fourth-order valence-electron chi connectivity index (χ4n) is 2.55. The zero-order valence-corrected chi connectivity index (χ0v) is 12.7. The Morgan fingerprint density at radius 1 is 1.50 bits per heavy atom. The third-order valence-electron chi connectivity index (χ3n) is 3.34. The maximum absolute atomic E-state index is 10.6. The van der Waals surface area contributed by atoms with Gasteiger partial charge in [-0.05, 0) is 31.6 Å². The predicted molar refractivity (Wildman–Crippen MR) is 79.1 cm³/mol. The van der Waals surface area contributed by atoms with E-state index in [1.54, 1.807) is 10.9 Å². The van der Waals surface area contributed by atoms with Crippen molar-refractivity contribution in [3.63, 3.8) is 0 Å². The van der Waals surface area contributed by atoms with Gasteiger partial charge in [0.05, 0.1) is 23.4 Å². The van der Waals surface area contributed by atoms with Gasteiger partial charge in [-0.1, -0.05) is 0 Å². The van der Waals surface area contributed by atoms with E-state index in [2.05, 4.69) is 10.00 Å². The first kappa shape index (κ1) is 16.9. The van der Waals surface area contributed by atoms with Crippen LogP contribution in [0.2, 0.25) is 0 Å². The number of hydrogen-bond donors (Lipinski definition) is 1. The molecule has 0 atom stereocenters. The zero-order valence-electron chi connectivity index (χ0n) is 11.9. The molecule has 1 aliphatic rings. The molecule has 0 radical (unpaired) electrons. The van der Waals surface area contributed by atoms with Crippen LogP contribution < -0.4 is 5.73 Å². The van der Waals surface area contributed by atoms with Gasteiger partial charge >= 0.3 is 5.82 Å². The molecule has 0 aromatic carbocycles. The van der Waals surface area contributed by atoms with Crippen molar-refractivity contribution in [3.05, 3.63) is 22.4 Å². The Bertz CT molecular complexity index is 449. The molecule has 0 aliphatic carbocycles. The van der Waals surface area contributed by atoms with E-state index in [1.165, 1.54) is 6.07 Å². The second-order valence-corrected chi connectivity index (χ2v) is 5.91. The van der Waals surface area contributed by atoms with E-state index in [0.29, 0.717) is 0 Å². The van der Waals surface area contributed by atoms with E-state index in [-0.39, 0.29) is 29.8 Å². The molecule has 2 rings (SSSR count). The first-order chi connectivity index (χ1) is 8.85. The van der Waals surface area contributed by atoms with Crippen LogP contribution in [0, 0.1) is 10.1 Å². The summed E-state index contributed by atoms with van der Waals surface area (Å²) in [4.78, 5) is 12.5. The number of likely N-dealkylation sites (tertiary alicyclic amines) is 1. The van der Waals surface area contributed by atoms with Gasteiger partial charge in [0.25, 0.3) is 0 Å². The lowest BCUT2D eigenvalue weighted by Crippen LogP contribution is -2.48. The van der Waals surface area contributed by atoms with Gasteiger partial charge in [0.15, 0.2) is 0 Å². The molecular weight excluding hydrogens is 282 g/mol. The van der Waals surface area contributed by atoms with Gasteiger partial charge in [0, 0.05) is 25.2 Å². The molecule has 8 heteroatoms. The van der Waals surface area contributed by atoms with Gasteiger partial charge in [-0.15, -0.1) is 12.4 Å². The topological polar surface area (TPSA) is 90.2 Å². The van der Waals surface area contributed by atoms with Crippen LogP contribution in [0.3, 0.4) is 0 Å². The van der Waals surface area contributed by atoms with Crippen molar-refractivity contribution in [3.8, 4) is 0 Å². The minimum atomic E-state index is -0.456. The average molecular weight is 304 g/mol. The van der Waals surface area contributed by atoms with Crippen molar-refractivity contribution in [2.45, 2.75) is 38.3 Å². The fraction of sp³-hybridized carbons (Fsp3) is 0.750. The summed E-state index contributed by atoms with van der Waals surface area (Å²) in [5.41, 5.74) is 5.83. The number of nitrogens with two attached hydrogens (primary N) is 1. The van der Waals surface area contributed by atoms with Crippen LogP contribution in [0.25, 0.3) is 0 Å². The molecule has 7 nitrogen and oxygen atoms in total. The van der Waals surface area contributed by atoms with E-state index >= 15 is 0 Å². The molecule has 1 saturated heterocycles. The molecule has 0 saturated carbocycles. The van der Waals surface area contributed by atoms with Crippen LogP contribution in [0.4, 0.5) is 5.82 Å². The first-order valence-corrected chi connectivity index (χ1v) is 6.56. The minimum absolute atomic E-state index is 0. The van der Waals surface area contributed by atoms with Gasteiger partial charge in [-0.2, -0.15) is 4.68 Å². The molecule has 0 bridgehead atoms. The molecular formula is C12H22ClN5O2. The molecule has 1 fully saturated rings. The second kappa shape index (κ2) is 6.51. The summed E-state index contributed by atoms with van der Waals surface area (Å²) in [6.45, 7) is 6.84. The molecule has 0 unspecified atom stereocenters. The SMILES string of the molecule is CC(C)(N)CN1CCC(n2ccc([N+](=O)[O-])n2)CC1.Cl. The van der Waals surface area contributed by atoms with Crippen LogP contribution in [-0.2, 0) is 0 Å². The summed E-state index contributed by atoms with van der Waals surface area (Å²) in [6, 6.07) is 1.71. The fourth-order valence-corrected chi connectivity index (χ4v) is 2.55. The highest BCUT2D eigenvalue weighted by molar-refractivity contribution is 5.85. The van der Waals surface area contributed by atoms with Crippen LogP contribution in [-0.4, -0.2) is 44.8 Å². The Morgan fingerprint density at radius 2 is 2.10 bits per heavy atom. The largest absolute Gasteiger partial charge is 0.389 e. The number of aromatic nitrogens is 2. The van der Waals surface area contributed by atoms with Gasteiger partial charge in [-0.25, -0.2) is 0 Å². The Morgan fingerprint density at radius 3 is 2.55 bits per heavy atom. The molecule has 0 spiro atoms. The lowest BCUT2D eigenvalue weighted by Gasteiger charge is -2.35. The molecule has 20 heavy (non-hydrogen) atoms. The van der Waals surface area contributed by atoms with Crippen molar-refractivity contribution in [2.75, 3.05) is 19.6 Å². The van der Waals surface area contributed by atoms with Gasteiger partial charge in [0.1, 0.15) is 0 Å². The summed E-state index contributed by atoms with van der Waals surface area (Å²) in [7, 11) is 0. The van der Waals surface area contributed by atoms with Crippen molar-refractivity contribution in [1.82, 2.24) is 14.7 Å². The molecule has 1 aromatic rings. The quantitative estimate of drug-likeness (QED) is 0.674. The Kier molecular flexibility index (Phi) is 5.50. The highest BCUT2D eigenvalue weighted by Crippen LogP contribution is 2.23. The summed E-state index contributed by atoms with van der Waals surface area (Å²) in [5, 5.41) is 14.6. The van der Waals surface area contributed by atoms with E-state index in [9.17, 15) is 10.1 Å². The standard InChI is InChI=1S/C12H21N5O2.ClH/c1-12(2,13)9-15-6-3-10(4-7-15)16-8-5-11(14-16)17(18)19;/h5,8,10H,3-4,6-7,9,13H2,1-2H3;1H. The monoisotopic (exact) mass is 303 g/mol. The number of hydrogen-bond acceptors (Lipinski definition) is 5. The van der Waals surface area contributed by atoms with Crippen molar-refractivity contribution in [2.24, 2.45) is 5.73 Å². The number of piperidine rings is 1. The zero-order chi connectivity index (χ0) is 14.0. The van der Waals surface area contributed by atoms with Gasteiger partial charge < -0.3 is 20.7 Å². The van der Waals surface area contributed by atoms with E-state index in [0.717, 1.165) is 32.5 Å². The van der Waals surface area contributed by atoms with E-state index < -0.39 is 4.92 Å². The molecule has 1 aromatic heterocycles. The first-order valence-electron chi connectivity index (χ1n) is 6.56. The van der Waals surface area contributed by atoms with Crippen LogP contribution in [0.5, 0.6) is 0 Å². The maximum Gasteiger partial charge on any atom is 0.389 e. The Labute approximate surface area is 124 Å². The number of nitrogens with zero attached hydrogens (tertiary/aromatic N) is 4. The summed E-state index contributed by atoms with van der Waals surface area (Å²) in [6.07, 6.45) is 3.61. The summed E-state index contributed by atoms with van der Waals surface area (Å²) < 4.78 is 1.73. The molecule has 2 heterocycles. The van der Waals surface area contributed by atoms with Gasteiger partial charge in [-0.3, -0.25) is 0 Å². The number of nitro groups is 1. The summed E-state index contributed by atoms with van der Waals surface area (Å²) in [5.74, 6) is -0.0782. The third kappa shape index (κ3) is 4.43. The molecule has 0 amide bonds. The highest BCUT2D eigenvalue weighted by atomic mass is 35.5. The van der Waals surface area contributed by atoms with E-state index in [4.69, 9.17) is 5.73 Å². The van der Waals surface area contributed by atoms with Crippen LogP contribution in [0.15, 0.2) is 12.3 Å². The number of rotatable bonds is 4. The smallest absolute Gasteiger partial charge is 0.358 e. The normalized spacial score (nSPS) is 17.8. The maximum atomic E-state index is 10.6. The highest BCUT2D eigenvalue weighted by Gasteiger charge is 2.26. The number of halogens is 1. The Balaban J connectivity index is 0.00000200. The molecule has 1 aliphatic heterocycles. The van der Waals surface area contributed by atoms with E-state index in [1.807, 2.05) is 13.8 Å². The van der Waals surface area contributed by atoms with Crippen LogP contribution in [0.1, 0.15) is 32.7 Å². The lowest BCUT2D eigenvalue weighted by atomic mass is 10.0.